The fraction of sp³-hybridized carbons (Fsp3) is 0.150. The molecule has 0 atom stereocenters. The third-order valence-corrected chi connectivity index (χ3v) is 4.09. The van der Waals surface area contributed by atoms with Gasteiger partial charge in [0.2, 0.25) is 0 Å². The van der Waals surface area contributed by atoms with E-state index >= 15 is 0 Å². The van der Waals surface area contributed by atoms with E-state index in [0.29, 0.717) is 12.4 Å². The number of benzene rings is 2. The highest BCUT2D eigenvalue weighted by Crippen LogP contribution is 2.34. The Balaban J connectivity index is 1.67. The molecule has 8 heteroatoms. The number of alkyl halides is 3. The number of carbonyl (C=O) groups is 1. The molecule has 3 rings (SSSR count). The Bertz CT molecular complexity index is 972. The Morgan fingerprint density at radius 2 is 1.71 bits per heavy atom. The summed E-state index contributed by atoms with van der Waals surface area (Å²) >= 11 is 0. The third kappa shape index (κ3) is 4.64. The van der Waals surface area contributed by atoms with Crippen molar-refractivity contribution < 1.29 is 18.0 Å². The number of halogens is 3. The third-order valence-electron chi connectivity index (χ3n) is 4.09. The van der Waals surface area contributed by atoms with Gasteiger partial charge in [0, 0.05) is 6.54 Å². The molecule has 0 unspecified atom stereocenters. The number of aromatic nitrogens is 2. The van der Waals surface area contributed by atoms with Crippen molar-refractivity contribution in [2.24, 2.45) is 0 Å². The van der Waals surface area contributed by atoms with Crippen LogP contribution in [0.5, 0.6) is 0 Å². The minimum atomic E-state index is -4.57. The SMILES string of the molecule is Cc1ccccc1CNc1cnc(C(=O)Nc2ccccc2C(F)(F)F)cn1. The molecule has 0 radical (unpaired) electrons. The molecule has 1 heterocycles. The smallest absolute Gasteiger partial charge is 0.365 e. The lowest BCUT2D eigenvalue weighted by Crippen LogP contribution is -2.18. The molecule has 0 saturated carbocycles. The van der Waals surface area contributed by atoms with Gasteiger partial charge in [0.1, 0.15) is 11.5 Å². The van der Waals surface area contributed by atoms with Crippen molar-refractivity contribution in [3.63, 3.8) is 0 Å². The summed E-state index contributed by atoms with van der Waals surface area (Å²) in [5, 5.41) is 5.33. The lowest BCUT2D eigenvalue weighted by atomic mass is 10.1. The predicted molar refractivity (Wildman–Crippen MR) is 99.9 cm³/mol. The molecule has 0 spiro atoms. The van der Waals surface area contributed by atoms with Crippen molar-refractivity contribution in [1.29, 1.82) is 0 Å². The molecule has 144 valence electrons. The summed E-state index contributed by atoms with van der Waals surface area (Å²) < 4.78 is 39.1. The van der Waals surface area contributed by atoms with Gasteiger partial charge < -0.3 is 10.6 Å². The zero-order chi connectivity index (χ0) is 20.1. The molecule has 28 heavy (non-hydrogen) atoms. The Morgan fingerprint density at radius 3 is 2.39 bits per heavy atom. The summed E-state index contributed by atoms with van der Waals surface area (Å²) in [5.74, 6) is -0.315. The summed E-state index contributed by atoms with van der Waals surface area (Å²) in [6.07, 6.45) is -1.99. The van der Waals surface area contributed by atoms with E-state index in [1.54, 1.807) is 0 Å². The normalized spacial score (nSPS) is 11.1. The number of hydrogen-bond acceptors (Lipinski definition) is 4. The zero-order valence-corrected chi connectivity index (χ0v) is 14.9. The number of nitrogens with one attached hydrogen (secondary N) is 2. The van der Waals surface area contributed by atoms with Crippen molar-refractivity contribution in [3.8, 4) is 0 Å². The highest BCUT2D eigenvalue weighted by atomic mass is 19.4. The quantitative estimate of drug-likeness (QED) is 0.669. The van der Waals surface area contributed by atoms with Gasteiger partial charge in [0.25, 0.3) is 5.91 Å². The van der Waals surface area contributed by atoms with Crippen LogP contribution in [-0.2, 0) is 12.7 Å². The fourth-order valence-corrected chi connectivity index (χ4v) is 2.56. The molecule has 0 aliphatic rings. The number of amides is 1. The van der Waals surface area contributed by atoms with Gasteiger partial charge in [-0.05, 0) is 30.2 Å². The molecule has 2 aromatic carbocycles. The number of carbonyl (C=O) groups excluding carboxylic acids is 1. The summed E-state index contributed by atoms with van der Waals surface area (Å²) in [6, 6.07) is 12.6. The van der Waals surface area contributed by atoms with E-state index in [4.69, 9.17) is 0 Å². The van der Waals surface area contributed by atoms with Crippen LogP contribution in [0, 0.1) is 6.92 Å². The van der Waals surface area contributed by atoms with Crippen molar-refractivity contribution in [1.82, 2.24) is 9.97 Å². The molecule has 2 N–H and O–H groups in total. The molecule has 0 fully saturated rings. The number of aryl methyl sites for hydroxylation is 1. The van der Waals surface area contributed by atoms with Gasteiger partial charge in [0.15, 0.2) is 0 Å². The van der Waals surface area contributed by atoms with E-state index in [1.165, 1.54) is 30.6 Å². The van der Waals surface area contributed by atoms with E-state index in [1.807, 2.05) is 31.2 Å². The van der Waals surface area contributed by atoms with E-state index in [9.17, 15) is 18.0 Å². The second-order valence-electron chi connectivity index (χ2n) is 6.06. The summed E-state index contributed by atoms with van der Waals surface area (Å²) in [7, 11) is 0. The van der Waals surface area contributed by atoms with Crippen LogP contribution in [0.15, 0.2) is 60.9 Å². The van der Waals surface area contributed by atoms with Crippen molar-refractivity contribution in [2.75, 3.05) is 10.6 Å². The molecule has 3 aromatic rings. The summed E-state index contributed by atoms with van der Waals surface area (Å²) in [6.45, 7) is 2.53. The average molecular weight is 386 g/mol. The molecule has 0 saturated heterocycles. The van der Waals surface area contributed by atoms with E-state index < -0.39 is 17.6 Å². The summed E-state index contributed by atoms with van der Waals surface area (Å²) in [4.78, 5) is 20.3. The predicted octanol–water partition coefficient (Wildman–Crippen LogP) is 4.67. The number of nitrogens with zero attached hydrogens (tertiary/aromatic N) is 2. The maximum atomic E-state index is 13.0. The number of hydrogen-bond donors (Lipinski definition) is 2. The fourth-order valence-electron chi connectivity index (χ4n) is 2.56. The Hall–Kier alpha value is -3.42. The molecule has 0 aliphatic carbocycles. The highest BCUT2D eigenvalue weighted by Gasteiger charge is 2.33. The van der Waals surface area contributed by atoms with Gasteiger partial charge in [0.05, 0.1) is 23.6 Å². The molecular weight excluding hydrogens is 369 g/mol. The molecular formula is C20H17F3N4O. The lowest BCUT2D eigenvalue weighted by molar-refractivity contribution is -0.136. The molecule has 1 aromatic heterocycles. The van der Waals surface area contributed by atoms with Gasteiger partial charge >= 0.3 is 6.18 Å². The molecule has 1 amide bonds. The van der Waals surface area contributed by atoms with Crippen LogP contribution in [0.1, 0.15) is 27.2 Å². The second-order valence-corrected chi connectivity index (χ2v) is 6.06. The van der Waals surface area contributed by atoms with Crippen LogP contribution in [0.4, 0.5) is 24.7 Å². The average Bonchev–Trinajstić information content (AvgIpc) is 2.67. The molecule has 5 nitrogen and oxygen atoms in total. The van der Waals surface area contributed by atoms with E-state index in [2.05, 4.69) is 20.6 Å². The van der Waals surface area contributed by atoms with Crippen LogP contribution < -0.4 is 10.6 Å². The maximum absolute atomic E-state index is 13.0. The van der Waals surface area contributed by atoms with Crippen LogP contribution in [0.3, 0.4) is 0 Å². The number of rotatable bonds is 5. The zero-order valence-electron chi connectivity index (χ0n) is 14.9. The number of anilines is 2. The van der Waals surface area contributed by atoms with Crippen molar-refractivity contribution in [2.45, 2.75) is 19.6 Å². The van der Waals surface area contributed by atoms with Crippen molar-refractivity contribution >= 4 is 17.4 Å². The first kappa shape index (κ1) is 19.3. The van der Waals surface area contributed by atoms with Crippen LogP contribution in [0.25, 0.3) is 0 Å². The number of para-hydroxylation sites is 1. The minimum absolute atomic E-state index is 0.0848. The molecule has 0 bridgehead atoms. The molecule has 0 aliphatic heterocycles. The lowest BCUT2D eigenvalue weighted by Gasteiger charge is -2.13. The van der Waals surface area contributed by atoms with E-state index in [0.717, 1.165) is 17.2 Å². The highest BCUT2D eigenvalue weighted by molar-refractivity contribution is 6.03. The van der Waals surface area contributed by atoms with Gasteiger partial charge in [-0.2, -0.15) is 13.2 Å². The van der Waals surface area contributed by atoms with Gasteiger partial charge in [-0.3, -0.25) is 4.79 Å². The van der Waals surface area contributed by atoms with Crippen LogP contribution in [0.2, 0.25) is 0 Å². The standard InChI is InChI=1S/C20H17F3N4O/c1-13-6-2-3-7-14(13)10-25-18-12-24-17(11-26-18)19(28)27-16-9-5-4-8-15(16)20(21,22)23/h2-9,11-12H,10H2,1H3,(H,25,26)(H,27,28). The van der Waals surface area contributed by atoms with Crippen LogP contribution >= 0.6 is 0 Å². The monoisotopic (exact) mass is 386 g/mol. The van der Waals surface area contributed by atoms with Crippen molar-refractivity contribution in [3.05, 3.63) is 83.3 Å². The van der Waals surface area contributed by atoms with Gasteiger partial charge in [-0.25, -0.2) is 9.97 Å². The first-order valence-electron chi connectivity index (χ1n) is 8.42. The topological polar surface area (TPSA) is 66.9 Å². The summed E-state index contributed by atoms with van der Waals surface area (Å²) in [5.41, 5.74) is 0.881. The Morgan fingerprint density at radius 1 is 1.00 bits per heavy atom. The van der Waals surface area contributed by atoms with Crippen LogP contribution in [-0.4, -0.2) is 15.9 Å². The Labute approximate surface area is 159 Å². The Kier molecular flexibility index (Phi) is 5.58. The van der Waals surface area contributed by atoms with Gasteiger partial charge in [-0.15, -0.1) is 0 Å². The largest absolute Gasteiger partial charge is 0.418 e. The first-order valence-corrected chi connectivity index (χ1v) is 8.42. The first-order chi connectivity index (χ1) is 13.3. The van der Waals surface area contributed by atoms with E-state index in [-0.39, 0.29) is 11.4 Å². The second kappa shape index (κ2) is 8.08. The van der Waals surface area contributed by atoms with Gasteiger partial charge in [-0.1, -0.05) is 36.4 Å². The minimum Gasteiger partial charge on any atom is -0.365 e. The maximum Gasteiger partial charge on any atom is 0.418 e.